The van der Waals surface area contributed by atoms with Crippen LogP contribution in [0.15, 0.2) is 28.0 Å². The first-order valence-electron chi connectivity index (χ1n) is 7.26. The van der Waals surface area contributed by atoms with Crippen LogP contribution in [0.25, 0.3) is 16.8 Å². The molecule has 24 heavy (non-hydrogen) atoms. The average Bonchev–Trinajstić information content (AvgIpc) is 3.27. The molecule has 7 nitrogen and oxygen atoms in total. The van der Waals surface area contributed by atoms with Gasteiger partial charge in [-0.15, -0.1) is 21.5 Å². The van der Waals surface area contributed by atoms with Crippen molar-refractivity contribution in [3.8, 4) is 10.8 Å². The van der Waals surface area contributed by atoms with Crippen LogP contribution in [0, 0.1) is 13.8 Å². The summed E-state index contributed by atoms with van der Waals surface area (Å²) < 4.78 is 12.3. The molecule has 0 radical (unpaired) electrons. The Balaban J connectivity index is 1.59. The van der Waals surface area contributed by atoms with E-state index >= 15 is 0 Å². The Labute approximate surface area is 142 Å². The Hall–Kier alpha value is -2.74. The summed E-state index contributed by atoms with van der Waals surface area (Å²) in [5.74, 6) is 0.204. The molecule has 0 saturated heterocycles. The first-order chi connectivity index (χ1) is 11.5. The topological polar surface area (TPSA) is 83.0 Å². The second kappa shape index (κ2) is 6.79. The maximum atomic E-state index is 11.8. The molecule has 0 unspecified atom stereocenters. The van der Waals surface area contributed by atoms with Crippen molar-refractivity contribution in [1.29, 1.82) is 0 Å². The van der Waals surface area contributed by atoms with E-state index < -0.39 is 5.97 Å². The van der Waals surface area contributed by atoms with Crippen molar-refractivity contribution < 1.29 is 13.9 Å². The normalized spacial score (nSPS) is 11.3. The van der Waals surface area contributed by atoms with E-state index in [-0.39, 0.29) is 12.5 Å². The lowest BCUT2D eigenvalue weighted by Crippen LogP contribution is -2.01. The number of nitrogens with zero attached hydrogens (tertiary/aromatic N) is 4. The van der Waals surface area contributed by atoms with Crippen LogP contribution in [0.3, 0.4) is 0 Å². The highest BCUT2D eigenvalue weighted by atomic mass is 32.1. The Morgan fingerprint density at radius 3 is 2.92 bits per heavy atom. The molecule has 3 aromatic heterocycles. The van der Waals surface area contributed by atoms with Crippen LogP contribution in [0.5, 0.6) is 0 Å². The SMILES string of the molecule is Cc1nn(C)c(C)c1/C=C/C(=O)OCc1nnc(-c2cccs2)o1. The molecule has 3 rings (SSSR count). The van der Waals surface area contributed by atoms with Crippen molar-refractivity contribution >= 4 is 23.4 Å². The second-order valence-electron chi connectivity index (χ2n) is 5.13. The first-order valence-corrected chi connectivity index (χ1v) is 8.14. The van der Waals surface area contributed by atoms with Gasteiger partial charge in [0.1, 0.15) is 0 Å². The molecule has 0 amide bonds. The Morgan fingerprint density at radius 1 is 1.42 bits per heavy atom. The molecule has 124 valence electrons. The lowest BCUT2D eigenvalue weighted by Gasteiger charge is -1.97. The number of carbonyl (C=O) groups excluding carboxylic acids is 1. The highest BCUT2D eigenvalue weighted by Gasteiger charge is 2.11. The molecule has 0 aromatic carbocycles. The molecule has 0 aliphatic carbocycles. The maximum absolute atomic E-state index is 11.8. The lowest BCUT2D eigenvalue weighted by molar-refractivity contribution is -0.139. The van der Waals surface area contributed by atoms with Gasteiger partial charge in [-0.1, -0.05) is 6.07 Å². The molecule has 0 saturated carbocycles. The van der Waals surface area contributed by atoms with Crippen molar-refractivity contribution in [2.45, 2.75) is 20.5 Å². The summed E-state index contributed by atoms with van der Waals surface area (Å²) in [4.78, 5) is 12.7. The van der Waals surface area contributed by atoms with E-state index in [4.69, 9.17) is 9.15 Å². The van der Waals surface area contributed by atoms with E-state index in [1.807, 2.05) is 38.4 Å². The van der Waals surface area contributed by atoms with Gasteiger partial charge in [0.2, 0.25) is 0 Å². The van der Waals surface area contributed by atoms with E-state index in [0.29, 0.717) is 5.89 Å². The summed E-state index contributed by atoms with van der Waals surface area (Å²) >= 11 is 1.50. The lowest BCUT2D eigenvalue weighted by atomic mass is 10.2. The Bertz CT molecular complexity index is 877. The molecule has 3 aromatic rings. The minimum Gasteiger partial charge on any atom is -0.452 e. The number of aryl methyl sites for hydroxylation is 2. The third-order valence-electron chi connectivity index (χ3n) is 3.49. The summed E-state index contributed by atoms with van der Waals surface area (Å²) in [7, 11) is 1.86. The van der Waals surface area contributed by atoms with Crippen LogP contribution in [-0.4, -0.2) is 25.9 Å². The largest absolute Gasteiger partial charge is 0.452 e. The van der Waals surface area contributed by atoms with Crippen LogP contribution >= 0.6 is 11.3 Å². The molecule has 8 heteroatoms. The van der Waals surface area contributed by atoms with Crippen molar-refractivity contribution in [1.82, 2.24) is 20.0 Å². The Kier molecular flexibility index (Phi) is 4.57. The van der Waals surface area contributed by atoms with Crippen LogP contribution in [-0.2, 0) is 23.2 Å². The zero-order chi connectivity index (χ0) is 17.1. The molecule has 0 aliphatic heterocycles. The molecular formula is C16H16N4O3S. The Morgan fingerprint density at radius 2 is 2.25 bits per heavy atom. The number of thiophene rings is 1. The second-order valence-corrected chi connectivity index (χ2v) is 6.08. The molecule has 0 N–H and O–H groups in total. The van der Waals surface area contributed by atoms with E-state index in [9.17, 15) is 4.79 Å². The standard InChI is InChI=1S/C16H16N4O3S/c1-10-12(11(2)20(3)19-10)6-7-15(21)22-9-14-17-18-16(23-14)13-5-4-8-24-13/h4-8H,9H2,1-3H3/b7-6+. The number of hydrogen-bond acceptors (Lipinski definition) is 7. The van der Waals surface area contributed by atoms with Crippen LogP contribution in [0.2, 0.25) is 0 Å². The van der Waals surface area contributed by atoms with Crippen molar-refractivity contribution in [2.24, 2.45) is 7.05 Å². The average molecular weight is 344 g/mol. The molecule has 0 spiro atoms. The van der Waals surface area contributed by atoms with E-state index in [0.717, 1.165) is 21.8 Å². The fourth-order valence-corrected chi connectivity index (χ4v) is 2.82. The highest BCUT2D eigenvalue weighted by Crippen LogP contribution is 2.23. The number of esters is 1. The summed E-state index contributed by atoms with van der Waals surface area (Å²) in [5.41, 5.74) is 2.75. The number of hydrogen-bond donors (Lipinski definition) is 0. The summed E-state index contributed by atoms with van der Waals surface area (Å²) in [6.07, 6.45) is 3.07. The van der Waals surface area contributed by atoms with Gasteiger partial charge in [0.15, 0.2) is 6.61 Å². The third kappa shape index (κ3) is 3.43. The minimum absolute atomic E-state index is 0.0629. The fraction of sp³-hybridized carbons (Fsp3) is 0.250. The molecule has 0 atom stereocenters. The smallest absolute Gasteiger partial charge is 0.331 e. The minimum atomic E-state index is -0.478. The summed E-state index contributed by atoms with van der Waals surface area (Å²) in [6.45, 7) is 3.77. The molecular weight excluding hydrogens is 328 g/mol. The quantitative estimate of drug-likeness (QED) is 0.523. The summed E-state index contributed by atoms with van der Waals surface area (Å²) in [5, 5.41) is 14.0. The predicted octanol–water partition coefficient (Wildman–Crippen LogP) is 2.91. The van der Waals surface area contributed by atoms with Crippen LogP contribution in [0.1, 0.15) is 22.8 Å². The van der Waals surface area contributed by atoms with Crippen molar-refractivity contribution in [3.05, 3.63) is 46.4 Å². The highest BCUT2D eigenvalue weighted by molar-refractivity contribution is 7.13. The van der Waals surface area contributed by atoms with Gasteiger partial charge in [-0.3, -0.25) is 4.68 Å². The zero-order valence-electron chi connectivity index (χ0n) is 13.5. The van der Waals surface area contributed by atoms with Gasteiger partial charge in [0.05, 0.1) is 10.6 Å². The maximum Gasteiger partial charge on any atom is 0.331 e. The molecule has 0 bridgehead atoms. The molecule has 3 heterocycles. The van der Waals surface area contributed by atoms with Gasteiger partial charge < -0.3 is 9.15 Å². The van der Waals surface area contributed by atoms with E-state index in [1.54, 1.807) is 10.8 Å². The molecule has 0 aliphatic rings. The first kappa shape index (κ1) is 16.1. The monoisotopic (exact) mass is 344 g/mol. The van der Waals surface area contributed by atoms with E-state index in [1.165, 1.54) is 17.4 Å². The molecule has 0 fully saturated rings. The van der Waals surface area contributed by atoms with Gasteiger partial charge >= 0.3 is 5.97 Å². The zero-order valence-corrected chi connectivity index (χ0v) is 14.3. The van der Waals surface area contributed by atoms with Gasteiger partial charge in [-0.25, -0.2) is 4.79 Å². The van der Waals surface area contributed by atoms with Crippen LogP contribution < -0.4 is 0 Å². The van der Waals surface area contributed by atoms with Gasteiger partial charge in [0.25, 0.3) is 11.8 Å². The van der Waals surface area contributed by atoms with E-state index in [2.05, 4.69) is 15.3 Å². The van der Waals surface area contributed by atoms with Gasteiger partial charge in [-0.2, -0.15) is 5.10 Å². The van der Waals surface area contributed by atoms with Gasteiger partial charge in [-0.05, 0) is 31.4 Å². The van der Waals surface area contributed by atoms with Crippen molar-refractivity contribution in [3.63, 3.8) is 0 Å². The number of aromatic nitrogens is 4. The third-order valence-corrected chi connectivity index (χ3v) is 4.35. The predicted molar refractivity (Wildman–Crippen MR) is 89.1 cm³/mol. The number of carbonyl (C=O) groups is 1. The van der Waals surface area contributed by atoms with Gasteiger partial charge in [0, 0.05) is 24.4 Å². The van der Waals surface area contributed by atoms with Crippen LogP contribution in [0.4, 0.5) is 0 Å². The summed E-state index contributed by atoms with van der Waals surface area (Å²) in [6, 6.07) is 3.78. The fourth-order valence-electron chi connectivity index (χ4n) is 2.18. The number of ether oxygens (including phenoxy) is 1. The van der Waals surface area contributed by atoms with Crippen molar-refractivity contribution in [2.75, 3.05) is 0 Å². The number of rotatable bonds is 5.